The van der Waals surface area contributed by atoms with E-state index < -0.39 is 0 Å². The molecule has 2 aliphatic carbocycles. The average Bonchev–Trinajstić information content (AvgIpc) is 3.16. The molecule has 2 saturated carbocycles. The smallest absolute Gasteiger partial charge is 0.139 e. The first kappa shape index (κ1) is 12.9. The predicted molar refractivity (Wildman–Crippen MR) is 89.3 cm³/mol. The summed E-state index contributed by atoms with van der Waals surface area (Å²) in [6.07, 6.45) is 9.96. The van der Waals surface area contributed by atoms with Crippen LogP contribution in [0.4, 0.5) is 0 Å². The Morgan fingerprint density at radius 3 is 2.70 bits per heavy atom. The Morgan fingerprint density at radius 1 is 1.15 bits per heavy atom. The van der Waals surface area contributed by atoms with E-state index in [4.69, 9.17) is 0 Å². The summed E-state index contributed by atoms with van der Waals surface area (Å²) in [6, 6.07) is 8.68. The van der Waals surface area contributed by atoms with Gasteiger partial charge < -0.3 is 4.57 Å². The van der Waals surface area contributed by atoms with Crippen molar-refractivity contribution in [3.8, 4) is 11.4 Å². The fourth-order valence-corrected chi connectivity index (χ4v) is 4.53. The molecular formula is C17H19IN2. The standard InChI is InChI=1S/C17H19IN2/c18-16-5-3-13(4-6-16)17-19-7-8-20(17)11-15-10-12-1-2-14(15)9-12/h3-8,12,14-15H,1-2,9-11H2. The fraction of sp³-hybridized carbons (Fsp3) is 0.471. The highest BCUT2D eigenvalue weighted by Gasteiger charge is 2.39. The van der Waals surface area contributed by atoms with Crippen LogP contribution in [0.15, 0.2) is 36.7 Å². The second kappa shape index (κ2) is 5.17. The molecule has 3 unspecified atom stereocenters. The summed E-state index contributed by atoms with van der Waals surface area (Å²) < 4.78 is 3.64. The minimum atomic E-state index is 0.880. The van der Waals surface area contributed by atoms with Crippen LogP contribution in [0, 0.1) is 21.3 Å². The van der Waals surface area contributed by atoms with Crippen molar-refractivity contribution >= 4 is 22.6 Å². The lowest BCUT2D eigenvalue weighted by molar-refractivity contribution is 0.297. The van der Waals surface area contributed by atoms with Gasteiger partial charge in [-0.1, -0.05) is 18.6 Å². The Labute approximate surface area is 133 Å². The summed E-state index contributed by atoms with van der Waals surface area (Å²) in [6.45, 7) is 1.16. The van der Waals surface area contributed by atoms with E-state index in [2.05, 4.69) is 62.6 Å². The second-order valence-corrected chi connectivity index (χ2v) is 7.59. The van der Waals surface area contributed by atoms with Crippen LogP contribution in [0.3, 0.4) is 0 Å². The Morgan fingerprint density at radius 2 is 2.00 bits per heavy atom. The first-order valence-corrected chi connectivity index (χ1v) is 8.64. The van der Waals surface area contributed by atoms with Gasteiger partial charge in [0.15, 0.2) is 0 Å². The van der Waals surface area contributed by atoms with E-state index in [0.717, 1.165) is 30.1 Å². The number of benzene rings is 1. The number of halogens is 1. The van der Waals surface area contributed by atoms with Crippen molar-refractivity contribution < 1.29 is 0 Å². The van der Waals surface area contributed by atoms with Crippen LogP contribution < -0.4 is 0 Å². The number of imidazole rings is 1. The maximum absolute atomic E-state index is 4.58. The molecule has 3 heteroatoms. The van der Waals surface area contributed by atoms with E-state index in [0.29, 0.717) is 0 Å². The second-order valence-electron chi connectivity index (χ2n) is 6.35. The molecule has 0 spiro atoms. The molecule has 0 aliphatic heterocycles. The third kappa shape index (κ3) is 2.30. The third-order valence-electron chi connectivity index (χ3n) is 5.13. The minimum Gasteiger partial charge on any atom is -0.331 e. The number of aromatic nitrogens is 2. The van der Waals surface area contributed by atoms with Gasteiger partial charge in [0.25, 0.3) is 0 Å². The summed E-state index contributed by atoms with van der Waals surface area (Å²) >= 11 is 2.35. The molecule has 0 saturated heterocycles. The van der Waals surface area contributed by atoms with Gasteiger partial charge in [0.05, 0.1) is 0 Å². The fourth-order valence-electron chi connectivity index (χ4n) is 4.17. The maximum atomic E-state index is 4.58. The molecule has 1 aromatic carbocycles. The van der Waals surface area contributed by atoms with Crippen molar-refractivity contribution in [2.24, 2.45) is 17.8 Å². The molecule has 1 heterocycles. The first-order chi connectivity index (χ1) is 9.79. The summed E-state index contributed by atoms with van der Waals surface area (Å²) in [5.41, 5.74) is 1.23. The summed E-state index contributed by atoms with van der Waals surface area (Å²) in [5.74, 6) is 4.01. The monoisotopic (exact) mass is 378 g/mol. The van der Waals surface area contributed by atoms with E-state index in [-0.39, 0.29) is 0 Å². The highest BCUT2D eigenvalue weighted by Crippen LogP contribution is 2.49. The number of fused-ring (bicyclic) bond motifs is 2. The van der Waals surface area contributed by atoms with Gasteiger partial charge >= 0.3 is 0 Å². The van der Waals surface area contributed by atoms with Crippen molar-refractivity contribution in [3.63, 3.8) is 0 Å². The van der Waals surface area contributed by atoms with Crippen LogP contribution in [0.25, 0.3) is 11.4 Å². The molecule has 2 fully saturated rings. The van der Waals surface area contributed by atoms with E-state index in [9.17, 15) is 0 Å². The minimum absolute atomic E-state index is 0.880. The van der Waals surface area contributed by atoms with Crippen molar-refractivity contribution in [3.05, 3.63) is 40.2 Å². The highest BCUT2D eigenvalue weighted by atomic mass is 127. The zero-order valence-corrected chi connectivity index (χ0v) is 13.7. The average molecular weight is 378 g/mol. The number of nitrogens with zero attached hydrogens (tertiary/aromatic N) is 2. The van der Waals surface area contributed by atoms with E-state index in [1.54, 1.807) is 0 Å². The lowest BCUT2D eigenvalue weighted by Gasteiger charge is -2.22. The molecule has 0 N–H and O–H groups in total. The SMILES string of the molecule is Ic1ccc(-c2nccn2CC2CC3CCC2C3)cc1. The van der Waals surface area contributed by atoms with Crippen LogP contribution in [-0.4, -0.2) is 9.55 Å². The first-order valence-electron chi connectivity index (χ1n) is 7.56. The Kier molecular flexibility index (Phi) is 3.33. The number of rotatable bonds is 3. The van der Waals surface area contributed by atoms with Gasteiger partial charge in [-0.2, -0.15) is 0 Å². The largest absolute Gasteiger partial charge is 0.331 e. The Balaban J connectivity index is 1.57. The van der Waals surface area contributed by atoms with Crippen LogP contribution in [0.2, 0.25) is 0 Å². The molecule has 4 rings (SSSR count). The van der Waals surface area contributed by atoms with Crippen LogP contribution in [0.5, 0.6) is 0 Å². The summed E-state index contributed by atoms with van der Waals surface area (Å²) in [5, 5.41) is 0. The zero-order valence-electron chi connectivity index (χ0n) is 11.5. The molecular weight excluding hydrogens is 359 g/mol. The molecule has 2 aliphatic rings. The van der Waals surface area contributed by atoms with Crippen molar-refractivity contribution in [2.45, 2.75) is 32.2 Å². The number of hydrogen-bond acceptors (Lipinski definition) is 1. The molecule has 2 aromatic rings. The predicted octanol–water partition coefficient (Wildman–Crippen LogP) is 4.59. The Bertz CT molecular complexity index is 602. The quantitative estimate of drug-likeness (QED) is 0.715. The molecule has 1 aromatic heterocycles. The van der Waals surface area contributed by atoms with Gasteiger partial charge in [0.1, 0.15) is 5.82 Å². The van der Waals surface area contributed by atoms with Gasteiger partial charge in [-0.3, -0.25) is 0 Å². The molecule has 104 valence electrons. The van der Waals surface area contributed by atoms with E-state index >= 15 is 0 Å². The molecule has 3 atom stereocenters. The molecule has 2 bridgehead atoms. The molecule has 2 nitrogen and oxygen atoms in total. The van der Waals surface area contributed by atoms with Gasteiger partial charge in [0.2, 0.25) is 0 Å². The lowest BCUT2D eigenvalue weighted by atomic mass is 9.89. The van der Waals surface area contributed by atoms with Crippen molar-refractivity contribution in [2.75, 3.05) is 0 Å². The third-order valence-corrected chi connectivity index (χ3v) is 5.85. The van der Waals surface area contributed by atoms with Crippen molar-refractivity contribution in [1.29, 1.82) is 0 Å². The van der Waals surface area contributed by atoms with E-state index in [1.165, 1.54) is 34.8 Å². The van der Waals surface area contributed by atoms with Gasteiger partial charge in [-0.05, 0) is 71.7 Å². The van der Waals surface area contributed by atoms with Crippen LogP contribution >= 0.6 is 22.6 Å². The molecule has 0 radical (unpaired) electrons. The normalized spacial score (nSPS) is 28.1. The van der Waals surface area contributed by atoms with Gasteiger partial charge in [-0.15, -0.1) is 0 Å². The summed E-state index contributed by atoms with van der Waals surface area (Å²) in [4.78, 5) is 4.58. The zero-order chi connectivity index (χ0) is 13.5. The van der Waals surface area contributed by atoms with Crippen LogP contribution in [0.1, 0.15) is 25.7 Å². The highest BCUT2D eigenvalue weighted by molar-refractivity contribution is 14.1. The molecule has 0 amide bonds. The maximum Gasteiger partial charge on any atom is 0.139 e. The van der Waals surface area contributed by atoms with Crippen LogP contribution in [-0.2, 0) is 6.54 Å². The summed E-state index contributed by atoms with van der Waals surface area (Å²) in [7, 11) is 0. The Hall–Kier alpha value is -0.840. The van der Waals surface area contributed by atoms with Gasteiger partial charge in [-0.25, -0.2) is 4.98 Å². The van der Waals surface area contributed by atoms with Crippen molar-refractivity contribution in [1.82, 2.24) is 9.55 Å². The van der Waals surface area contributed by atoms with E-state index in [1.807, 2.05) is 6.20 Å². The lowest BCUT2D eigenvalue weighted by Crippen LogP contribution is -2.17. The molecule has 20 heavy (non-hydrogen) atoms. The number of hydrogen-bond donors (Lipinski definition) is 0. The van der Waals surface area contributed by atoms with Gasteiger partial charge in [0, 0.05) is 28.1 Å². The topological polar surface area (TPSA) is 17.8 Å².